The van der Waals surface area contributed by atoms with Gasteiger partial charge in [-0.2, -0.15) is 0 Å². The van der Waals surface area contributed by atoms with Gasteiger partial charge in [-0.3, -0.25) is 10.0 Å². The number of fused-ring (bicyclic) bond motifs is 1. The fraction of sp³-hybridized carbons (Fsp3) is 0.0714. The Kier molecular flexibility index (Phi) is 3.25. The van der Waals surface area contributed by atoms with Crippen molar-refractivity contribution in [3.05, 3.63) is 53.6 Å². The summed E-state index contributed by atoms with van der Waals surface area (Å²) in [5.74, 6) is -0.310. The number of anilines is 1. The first-order valence-electron chi connectivity index (χ1n) is 5.98. The van der Waals surface area contributed by atoms with Crippen LogP contribution in [0.15, 0.2) is 47.4 Å². The predicted octanol–water partition coefficient (Wildman–Crippen LogP) is 2.73. The molecule has 1 aliphatic rings. The van der Waals surface area contributed by atoms with Crippen molar-refractivity contribution in [1.29, 1.82) is 0 Å². The second-order valence-corrected chi connectivity index (χ2v) is 5.54. The number of hydrogen-bond donors (Lipinski definition) is 4. The number of carbonyl (C=O) groups is 1. The number of rotatable bonds is 2. The second-order valence-electron chi connectivity index (χ2n) is 4.39. The smallest absolute Gasteiger partial charge is 0.274 e. The van der Waals surface area contributed by atoms with Gasteiger partial charge >= 0.3 is 0 Å². The number of phenols is 1. The molecule has 0 aliphatic carbocycles. The summed E-state index contributed by atoms with van der Waals surface area (Å²) in [5.41, 5.74) is 3.91. The van der Waals surface area contributed by atoms with E-state index in [0.717, 1.165) is 16.1 Å². The summed E-state index contributed by atoms with van der Waals surface area (Å²) in [4.78, 5) is 12.3. The van der Waals surface area contributed by atoms with E-state index in [1.54, 1.807) is 53.6 Å². The second kappa shape index (κ2) is 5.07. The third kappa shape index (κ3) is 2.31. The van der Waals surface area contributed by atoms with Crippen LogP contribution < -0.4 is 10.8 Å². The average Bonchev–Trinajstić information content (AvgIpc) is 2.89. The van der Waals surface area contributed by atoms with E-state index < -0.39 is 5.91 Å². The standard InChI is InChI=1S/C14H12N2O3S/c17-10-3-1-2-9(6-10)14-15-11-5-4-8(13(18)16-19)7-12(11)20-14/h1-7,14-15,17,19H,(H,16,18). The number of phenolic OH excluding ortho intramolecular Hbond substituents is 1. The van der Waals surface area contributed by atoms with Crippen LogP contribution in [0.3, 0.4) is 0 Å². The van der Waals surface area contributed by atoms with E-state index in [9.17, 15) is 9.90 Å². The molecule has 102 valence electrons. The third-order valence-corrected chi connectivity index (χ3v) is 4.27. The highest BCUT2D eigenvalue weighted by atomic mass is 32.2. The van der Waals surface area contributed by atoms with Crippen LogP contribution in [0.4, 0.5) is 5.69 Å². The highest BCUT2D eigenvalue weighted by molar-refractivity contribution is 8.00. The molecule has 0 saturated heterocycles. The van der Waals surface area contributed by atoms with Crippen molar-refractivity contribution in [2.75, 3.05) is 5.32 Å². The molecule has 1 amide bonds. The van der Waals surface area contributed by atoms with E-state index in [1.165, 1.54) is 0 Å². The van der Waals surface area contributed by atoms with Crippen molar-refractivity contribution >= 4 is 23.4 Å². The van der Waals surface area contributed by atoms with Gasteiger partial charge in [0.2, 0.25) is 0 Å². The van der Waals surface area contributed by atoms with Crippen LogP contribution in [0.1, 0.15) is 21.3 Å². The lowest BCUT2D eigenvalue weighted by Crippen LogP contribution is -2.18. The van der Waals surface area contributed by atoms with Gasteiger partial charge in [0.25, 0.3) is 5.91 Å². The summed E-state index contributed by atoms with van der Waals surface area (Å²) in [5, 5.41) is 21.5. The molecule has 1 unspecified atom stereocenters. The van der Waals surface area contributed by atoms with E-state index >= 15 is 0 Å². The van der Waals surface area contributed by atoms with Gasteiger partial charge in [-0.25, -0.2) is 5.48 Å². The molecule has 0 aromatic heterocycles. The molecule has 1 aliphatic heterocycles. The maximum Gasteiger partial charge on any atom is 0.274 e. The van der Waals surface area contributed by atoms with E-state index in [-0.39, 0.29) is 11.1 Å². The maximum absolute atomic E-state index is 11.4. The van der Waals surface area contributed by atoms with Gasteiger partial charge in [0.1, 0.15) is 11.1 Å². The Morgan fingerprint density at radius 2 is 2.10 bits per heavy atom. The van der Waals surface area contributed by atoms with E-state index in [1.807, 2.05) is 6.07 Å². The van der Waals surface area contributed by atoms with Gasteiger partial charge in [0, 0.05) is 16.1 Å². The van der Waals surface area contributed by atoms with Crippen molar-refractivity contribution in [3.63, 3.8) is 0 Å². The average molecular weight is 288 g/mol. The SMILES string of the molecule is O=C(NO)c1ccc2c(c1)SC(c1cccc(O)c1)N2. The monoisotopic (exact) mass is 288 g/mol. The fourth-order valence-corrected chi connectivity index (χ4v) is 3.25. The predicted molar refractivity (Wildman–Crippen MR) is 76.0 cm³/mol. The number of benzene rings is 2. The van der Waals surface area contributed by atoms with Crippen molar-refractivity contribution in [2.24, 2.45) is 0 Å². The molecule has 2 aromatic rings. The number of aromatic hydroxyl groups is 1. The highest BCUT2D eigenvalue weighted by Crippen LogP contribution is 2.47. The zero-order chi connectivity index (χ0) is 14.1. The Morgan fingerprint density at radius 1 is 1.25 bits per heavy atom. The summed E-state index contributed by atoms with van der Waals surface area (Å²) in [6.07, 6.45) is 0. The zero-order valence-electron chi connectivity index (χ0n) is 10.3. The fourth-order valence-electron chi connectivity index (χ4n) is 2.08. The summed E-state index contributed by atoms with van der Waals surface area (Å²) in [6.45, 7) is 0. The van der Waals surface area contributed by atoms with Crippen LogP contribution in [0.5, 0.6) is 5.75 Å². The minimum Gasteiger partial charge on any atom is -0.508 e. The molecule has 20 heavy (non-hydrogen) atoms. The Morgan fingerprint density at radius 3 is 2.85 bits per heavy atom. The van der Waals surface area contributed by atoms with Gasteiger partial charge in [0.05, 0.1) is 0 Å². The van der Waals surface area contributed by atoms with Gasteiger partial charge in [-0.15, -0.1) is 0 Å². The van der Waals surface area contributed by atoms with Crippen LogP contribution in [-0.2, 0) is 0 Å². The highest BCUT2D eigenvalue weighted by Gasteiger charge is 2.24. The van der Waals surface area contributed by atoms with Crippen LogP contribution in [-0.4, -0.2) is 16.2 Å². The Labute approximate surface area is 119 Å². The summed E-state index contributed by atoms with van der Waals surface area (Å²) < 4.78 is 0. The van der Waals surface area contributed by atoms with Gasteiger partial charge in [-0.1, -0.05) is 23.9 Å². The first-order chi connectivity index (χ1) is 9.67. The largest absolute Gasteiger partial charge is 0.508 e. The summed E-state index contributed by atoms with van der Waals surface area (Å²) in [7, 11) is 0. The summed E-state index contributed by atoms with van der Waals surface area (Å²) in [6, 6.07) is 12.2. The molecule has 4 N–H and O–H groups in total. The Balaban J connectivity index is 1.87. The minimum atomic E-state index is -0.533. The third-order valence-electron chi connectivity index (χ3n) is 3.05. The lowest BCUT2D eigenvalue weighted by Gasteiger charge is -2.10. The molecule has 3 rings (SSSR count). The van der Waals surface area contributed by atoms with Crippen molar-refractivity contribution in [3.8, 4) is 5.75 Å². The zero-order valence-corrected chi connectivity index (χ0v) is 11.1. The lowest BCUT2D eigenvalue weighted by molar-refractivity contribution is 0.0706. The first-order valence-corrected chi connectivity index (χ1v) is 6.86. The molecule has 1 atom stereocenters. The topological polar surface area (TPSA) is 81.6 Å². The van der Waals surface area contributed by atoms with Gasteiger partial charge in [0.15, 0.2) is 0 Å². The van der Waals surface area contributed by atoms with Gasteiger partial charge < -0.3 is 10.4 Å². The number of thioether (sulfide) groups is 1. The van der Waals surface area contributed by atoms with Crippen molar-refractivity contribution in [1.82, 2.24) is 5.48 Å². The van der Waals surface area contributed by atoms with Crippen LogP contribution >= 0.6 is 11.8 Å². The molecule has 6 heteroatoms. The molecule has 2 aromatic carbocycles. The molecule has 0 saturated carbocycles. The summed E-state index contributed by atoms with van der Waals surface area (Å²) >= 11 is 1.56. The van der Waals surface area contributed by atoms with Crippen molar-refractivity contribution in [2.45, 2.75) is 10.3 Å². The quantitative estimate of drug-likeness (QED) is 0.504. The van der Waals surface area contributed by atoms with Crippen LogP contribution in [0.2, 0.25) is 0 Å². The Hall–Kier alpha value is -2.18. The Bertz CT molecular complexity index is 675. The lowest BCUT2D eigenvalue weighted by atomic mass is 10.2. The van der Waals surface area contributed by atoms with E-state index in [0.29, 0.717) is 5.56 Å². The van der Waals surface area contributed by atoms with E-state index in [2.05, 4.69) is 5.32 Å². The number of hydrogen-bond acceptors (Lipinski definition) is 5. The molecule has 5 nitrogen and oxygen atoms in total. The van der Waals surface area contributed by atoms with Gasteiger partial charge in [-0.05, 0) is 35.9 Å². The number of carbonyl (C=O) groups excluding carboxylic acids is 1. The molecule has 0 spiro atoms. The number of hydroxylamine groups is 1. The molecule has 0 radical (unpaired) electrons. The molecule has 0 fully saturated rings. The molecular formula is C14H12N2O3S. The van der Waals surface area contributed by atoms with Crippen LogP contribution in [0.25, 0.3) is 0 Å². The number of amides is 1. The number of nitrogens with one attached hydrogen (secondary N) is 2. The minimum absolute atomic E-state index is 0.00969. The molecule has 1 heterocycles. The normalized spacial score (nSPS) is 16.4. The van der Waals surface area contributed by atoms with Crippen LogP contribution in [0, 0.1) is 0 Å². The first kappa shape index (κ1) is 12.8. The molecular weight excluding hydrogens is 276 g/mol. The van der Waals surface area contributed by atoms with E-state index in [4.69, 9.17) is 5.21 Å². The molecule has 0 bridgehead atoms. The van der Waals surface area contributed by atoms with Crippen molar-refractivity contribution < 1.29 is 15.1 Å². The maximum atomic E-state index is 11.4.